The number of benzene rings is 3. The van der Waals surface area contributed by atoms with Gasteiger partial charge in [-0.25, -0.2) is 0 Å². The Labute approximate surface area is 194 Å². The summed E-state index contributed by atoms with van der Waals surface area (Å²) < 4.78 is 38.9. The van der Waals surface area contributed by atoms with Crippen molar-refractivity contribution >= 4 is 23.0 Å². The largest absolute Gasteiger partial charge is 0.416 e. The number of piperidine rings is 1. The summed E-state index contributed by atoms with van der Waals surface area (Å²) in [5.41, 5.74) is 1.05. The molecule has 9 heteroatoms. The molecule has 6 nitrogen and oxygen atoms in total. The molecule has 0 aliphatic carbocycles. The monoisotopic (exact) mass is 469 g/mol. The lowest BCUT2D eigenvalue weighted by molar-refractivity contribution is -0.384. The van der Waals surface area contributed by atoms with E-state index in [1.165, 1.54) is 0 Å². The number of nitrogens with one attached hydrogen (secondary N) is 1. The summed E-state index contributed by atoms with van der Waals surface area (Å²) in [6, 6.07) is 19.7. The number of para-hydroxylation sites is 1. The van der Waals surface area contributed by atoms with Crippen LogP contribution in [0.25, 0.3) is 11.1 Å². The third kappa shape index (κ3) is 5.03. The van der Waals surface area contributed by atoms with Gasteiger partial charge in [-0.3, -0.25) is 14.9 Å². The Morgan fingerprint density at radius 1 is 0.971 bits per heavy atom. The van der Waals surface area contributed by atoms with Gasteiger partial charge in [0.1, 0.15) is 5.69 Å². The van der Waals surface area contributed by atoms with Crippen LogP contribution < -0.4 is 10.2 Å². The number of hydrogen-bond donors (Lipinski definition) is 1. The van der Waals surface area contributed by atoms with Gasteiger partial charge in [0.05, 0.1) is 10.5 Å². The first-order valence-electron chi connectivity index (χ1n) is 10.8. The van der Waals surface area contributed by atoms with Crippen LogP contribution in [-0.4, -0.2) is 23.9 Å². The van der Waals surface area contributed by atoms with Crippen molar-refractivity contribution in [3.05, 3.63) is 88.5 Å². The molecule has 0 spiro atoms. The molecule has 1 fully saturated rings. The van der Waals surface area contributed by atoms with Gasteiger partial charge >= 0.3 is 6.18 Å². The molecule has 1 heterocycles. The Morgan fingerprint density at radius 2 is 1.62 bits per heavy atom. The number of halogens is 3. The highest BCUT2D eigenvalue weighted by molar-refractivity contribution is 5.97. The standard InChI is InChI=1S/C25H22F3N3O3/c26-25(27,28)19-10-11-22(23(16-19)31(33)34)30-14-12-18(13-15-30)24(32)29-21-9-5-4-8-20(21)17-6-2-1-3-7-17/h1-11,16,18H,12-15H2,(H,29,32). The Hall–Kier alpha value is -3.88. The topological polar surface area (TPSA) is 75.5 Å². The van der Waals surface area contributed by atoms with Crippen molar-refractivity contribution in [3.8, 4) is 11.1 Å². The molecule has 3 aromatic carbocycles. The third-order valence-electron chi connectivity index (χ3n) is 5.98. The first kappa shape index (κ1) is 23.3. The van der Waals surface area contributed by atoms with E-state index in [-0.39, 0.29) is 17.5 Å². The number of carbonyl (C=O) groups excluding carboxylic acids is 1. The Balaban J connectivity index is 1.45. The second-order valence-electron chi connectivity index (χ2n) is 8.12. The molecule has 1 N–H and O–H groups in total. The second-order valence-corrected chi connectivity index (χ2v) is 8.12. The molecule has 1 saturated heterocycles. The summed E-state index contributed by atoms with van der Waals surface area (Å²) in [5, 5.41) is 14.4. The minimum atomic E-state index is -4.66. The Kier molecular flexibility index (Phi) is 6.54. The predicted molar refractivity (Wildman–Crippen MR) is 124 cm³/mol. The first-order chi connectivity index (χ1) is 16.2. The molecule has 1 aliphatic rings. The van der Waals surface area contributed by atoms with Crippen LogP contribution >= 0.6 is 0 Å². The predicted octanol–water partition coefficient (Wildman–Crippen LogP) is 6.14. The van der Waals surface area contributed by atoms with E-state index < -0.39 is 22.4 Å². The van der Waals surface area contributed by atoms with Crippen LogP contribution in [0, 0.1) is 16.0 Å². The van der Waals surface area contributed by atoms with Gasteiger partial charge in [0, 0.05) is 36.3 Å². The van der Waals surface area contributed by atoms with Gasteiger partial charge < -0.3 is 10.2 Å². The molecule has 176 valence electrons. The summed E-state index contributed by atoms with van der Waals surface area (Å²) >= 11 is 0. The van der Waals surface area contributed by atoms with Crippen LogP contribution in [0.5, 0.6) is 0 Å². The van der Waals surface area contributed by atoms with Crippen LogP contribution in [0.2, 0.25) is 0 Å². The van der Waals surface area contributed by atoms with Crippen LogP contribution in [0.3, 0.4) is 0 Å². The Bertz CT molecular complexity index is 1190. The number of anilines is 2. The van der Waals surface area contributed by atoms with Crippen molar-refractivity contribution in [3.63, 3.8) is 0 Å². The van der Waals surface area contributed by atoms with E-state index in [2.05, 4.69) is 5.32 Å². The minimum absolute atomic E-state index is 0.131. The van der Waals surface area contributed by atoms with Crippen molar-refractivity contribution < 1.29 is 22.9 Å². The third-order valence-corrected chi connectivity index (χ3v) is 5.98. The van der Waals surface area contributed by atoms with Crippen molar-refractivity contribution in [1.29, 1.82) is 0 Å². The highest BCUT2D eigenvalue weighted by atomic mass is 19.4. The summed E-state index contributed by atoms with van der Waals surface area (Å²) in [6.45, 7) is 0.648. The molecule has 0 aromatic heterocycles. The van der Waals surface area contributed by atoms with E-state index in [9.17, 15) is 28.1 Å². The minimum Gasteiger partial charge on any atom is -0.366 e. The molecular weight excluding hydrogens is 447 g/mol. The van der Waals surface area contributed by atoms with E-state index in [1.807, 2.05) is 54.6 Å². The first-order valence-corrected chi connectivity index (χ1v) is 10.8. The number of alkyl halides is 3. The fraction of sp³-hybridized carbons (Fsp3) is 0.240. The van der Waals surface area contributed by atoms with Gasteiger partial charge in [0.2, 0.25) is 5.91 Å². The SMILES string of the molecule is O=C(Nc1ccccc1-c1ccccc1)C1CCN(c2ccc(C(F)(F)F)cc2[N+](=O)[O-])CC1. The summed E-state index contributed by atoms with van der Waals surface area (Å²) in [6.07, 6.45) is -3.81. The lowest BCUT2D eigenvalue weighted by Crippen LogP contribution is -2.38. The lowest BCUT2D eigenvalue weighted by atomic mass is 9.94. The number of amides is 1. The van der Waals surface area contributed by atoms with Gasteiger partial charge in [0.15, 0.2) is 0 Å². The van der Waals surface area contributed by atoms with E-state index in [0.717, 1.165) is 23.3 Å². The molecule has 1 amide bonds. The zero-order chi connectivity index (χ0) is 24.3. The molecule has 34 heavy (non-hydrogen) atoms. The fourth-order valence-electron chi connectivity index (χ4n) is 4.19. The fourth-order valence-corrected chi connectivity index (χ4v) is 4.19. The van der Waals surface area contributed by atoms with Crippen LogP contribution in [-0.2, 0) is 11.0 Å². The molecule has 3 aromatic rings. The molecule has 1 aliphatic heterocycles. The normalized spacial score (nSPS) is 14.6. The molecule has 0 saturated carbocycles. The van der Waals surface area contributed by atoms with E-state index >= 15 is 0 Å². The maximum absolute atomic E-state index is 13.0. The van der Waals surface area contributed by atoms with Crippen molar-refractivity contribution in [1.82, 2.24) is 0 Å². The number of carbonyl (C=O) groups is 1. The molecule has 0 radical (unpaired) electrons. The number of nitro groups is 1. The average molecular weight is 469 g/mol. The Morgan fingerprint density at radius 3 is 2.26 bits per heavy atom. The van der Waals surface area contributed by atoms with E-state index in [1.54, 1.807) is 4.90 Å². The van der Waals surface area contributed by atoms with Gasteiger partial charge in [-0.2, -0.15) is 13.2 Å². The maximum Gasteiger partial charge on any atom is 0.416 e. The highest BCUT2D eigenvalue weighted by Crippen LogP contribution is 2.38. The van der Waals surface area contributed by atoms with Crippen LogP contribution in [0.15, 0.2) is 72.8 Å². The highest BCUT2D eigenvalue weighted by Gasteiger charge is 2.35. The quantitative estimate of drug-likeness (QED) is 0.360. The summed E-state index contributed by atoms with van der Waals surface area (Å²) in [4.78, 5) is 25.2. The van der Waals surface area contributed by atoms with Crippen molar-refractivity contribution in [2.45, 2.75) is 19.0 Å². The molecular formula is C25H22F3N3O3. The van der Waals surface area contributed by atoms with Gasteiger partial charge in [-0.1, -0.05) is 48.5 Å². The average Bonchev–Trinajstić information content (AvgIpc) is 2.84. The summed E-state index contributed by atoms with van der Waals surface area (Å²) in [5.74, 6) is -0.460. The van der Waals surface area contributed by atoms with E-state index in [4.69, 9.17) is 0 Å². The number of nitrogens with zero attached hydrogens (tertiary/aromatic N) is 2. The maximum atomic E-state index is 13.0. The zero-order valence-corrected chi connectivity index (χ0v) is 18.1. The van der Waals surface area contributed by atoms with Crippen LogP contribution in [0.4, 0.5) is 30.2 Å². The van der Waals surface area contributed by atoms with Gasteiger partial charge in [-0.05, 0) is 36.6 Å². The molecule has 4 rings (SSSR count). The molecule has 0 unspecified atom stereocenters. The lowest BCUT2D eigenvalue weighted by Gasteiger charge is -2.33. The van der Waals surface area contributed by atoms with Crippen molar-refractivity contribution in [2.75, 3.05) is 23.3 Å². The van der Waals surface area contributed by atoms with Crippen LogP contribution in [0.1, 0.15) is 18.4 Å². The zero-order valence-electron chi connectivity index (χ0n) is 18.1. The number of hydrogen-bond acceptors (Lipinski definition) is 4. The van der Waals surface area contributed by atoms with Gasteiger partial charge in [0.25, 0.3) is 5.69 Å². The van der Waals surface area contributed by atoms with Crippen molar-refractivity contribution in [2.24, 2.45) is 5.92 Å². The number of nitro benzene ring substituents is 1. The second kappa shape index (κ2) is 9.54. The van der Waals surface area contributed by atoms with E-state index in [0.29, 0.717) is 37.7 Å². The number of rotatable bonds is 5. The molecule has 0 bridgehead atoms. The van der Waals surface area contributed by atoms with Gasteiger partial charge in [-0.15, -0.1) is 0 Å². The summed E-state index contributed by atoms with van der Waals surface area (Å²) in [7, 11) is 0. The molecule has 0 atom stereocenters. The smallest absolute Gasteiger partial charge is 0.366 e.